The third kappa shape index (κ3) is 4.65. The maximum atomic E-state index is 11.5. The van der Waals surface area contributed by atoms with E-state index in [4.69, 9.17) is 14.9 Å². The molecule has 1 heterocycles. The lowest BCUT2D eigenvalue weighted by molar-refractivity contribution is 0.0948. The smallest absolute Gasteiger partial charge is 0.254 e. The number of carbonyl (C=O) groups is 1. The maximum absolute atomic E-state index is 11.5. The molecule has 0 saturated carbocycles. The molecule has 0 spiro atoms. The Balaban J connectivity index is 0.00000225. The lowest BCUT2D eigenvalue weighted by Gasteiger charge is -2.01. The van der Waals surface area contributed by atoms with Crippen molar-refractivity contribution < 1.29 is 13.9 Å². The normalized spacial score (nSPS) is 9.62. The van der Waals surface area contributed by atoms with Crippen LogP contribution < -0.4 is 11.1 Å². The summed E-state index contributed by atoms with van der Waals surface area (Å²) in [4.78, 5) is 11.5. The highest BCUT2D eigenvalue weighted by atomic mass is 35.5. The number of ether oxygens (including phenoxy) is 1. The Bertz CT molecular complexity index is 315. The summed E-state index contributed by atoms with van der Waals surface area (Å²) >= 11 is 0. The highest BCUT2D eigenvalue weighted by Crippen LogP contribution is 2.06. The highest BCUT2D eigenvalue weighted by Gasteiger charge is 2.08. The van der Waals surface area contributed by atoms with E-state index >= 15 is 0 Å². The second kappa shape index (κ2) is 8.15. The SMILES string of the molecule is COCCCNC(=O)c1coc(CN)c1.Cl. The zero-order valence-corrected chi connectivity index (χ0v) is 10.0. The topological polar surface area (TPSA) is 77.5 Å². The number of nitrogens with two attached hydrogens (primary N) is 1. The zero-order valence-electron chi connectivity index (χ0n) is 9.19. The van der Waals surface area contributed by atoms with Crippen molar-refractivity contribution in [2.75, 3.05) is 20.3 Å². The van der Waals surface area contributed by atoms with Crippen LogP contribution in [0.1, 0.15) is 22.5 Å². The van der Waals surface area contributed by atoms with E-state index in [1.807, 2.05) is 0 Å². The average Bonchev–Trinajstić information content (AvgIpc) is 2.72. The van der Waals surface area contributed by atoms with Gasteiger partial charge in [-0.3, -0.25) is 4.79 Å². The molecule has 0 saturated heterocycles. The van der Waals surface area contributed by atoms with Crippen LogP contribution in [0.15, 0.2) is 16.7 Å². The number of amides is 1. The van der Waals surface area contributed by atoms with Crippen molar-refractivity contribution in [2.45, 2.75) is 13.0 Å². The number of nitrogens with one attached hydrogen (secondary N) is 1. The van der Waals surface area contributed by atoms with Crippen LogP contribution in [0.4, 0.5) is 0 Å². The van der Waals surface area contributed by atoms with Gasteiger partial charge in [-0.25, -0.2) is 0 Å². The average molecular weight is 249 g/mol. The summed E-state index contributed by atoms with van der Waals surface area (Å²) in [5.74, 6) is 0.464. The lowest BCUT2D eigenvalue weighted by Crippen LogP contribution is -2.24. The van der Waals surface area contributed by atoms with Crippen LogP contribution in [-0.2, 0) is 11.3 Å². The van der Waals surface area contributed by atoms with Gasteiger partial charge in [-0.15, -0.1) is 12.4 Å². The quantitative estimate of drug-likeness (QED) is 0.734. The number of hydrogen-bond donors (Lipinski definition) is 2. The number of carbonyl (C=O) groups excluding carboxylic acids is 1. The molecular weight excluding hydrogens is 232 g/mol. The minimum atomic E-state index is -0.144. The van der Waals surface area contributed by atoms with Gasteiger partial charge < -0.3 is 20.2 Å². The number of halogens is 1. The molecule has 0 aliphatic carbocycles. The fourth-order valence-corrected chi connectivity index (χ4v) is 1.13. The van der Waals surface area contributed by atoms with E-state index in [0.717, 1.165) is 6.42 Å². The second-order valence-electron chi connectivity index (χ2n) is 3.11. The van der Waals surface area contributed by atoms with Gasteiger partial charge in [0.25, 0.3) is 5.91 Å². The summed E-state index contributed by atoms with van der Waals surface area (Å²) < 4.78 is 9.92. The van der Waals surface area contributed by atoms with E-state index in [2.05, 4.69) is 5.32 Å². The van der Waals surface area contributed by atoms with E-state index in [-0.39, 0.29) is 18.3 Å². The predicted molar refractivity (Wildman–Crippen MR) is 62.7 cm³/mol. The van der Waals surface area contributed by atoms with Crippen LogP contribution in [-0.4, -0.2) is 26.2 Å². The van der Waals surface area contributed by atoms with Crippen LogP contribution in [0, 0.1) is 0 Å². The van der Waals surface area contributed by atoms with Gasteiger partial charge in [0.1, 0.15) is 12.0 Å². The summed E-state index contributed by atoms with van der Waals surface area (Å²) in [5.41, 5.74) is 5.87. The molecule has 16 heavy (non-hydrogen) atoms. The zero-order chi connectivity index (χ0) is 11.1. The molecule has 0 atom stereocenters. The Morgan fingerprint density at radius 3 is 2.94 bits per heavy atom. The second-order valence-corrected chi connectivity index (χ2v) is 3.11. The van der Waals surface area contributed by atoms with Gasteiger partial charge >= 0.3 is 0 Å². The van der Waals surface area contributed by atoms with Crippen molar-refractivity contribution in [3.63, 3.8) is 0 Å². The summed E-state index contributed by atoms with van der Waals surface area (Å²) in [6, 6.07) is 1.64. The predicted octanol–water partition coefficient (Wildman–Crippen LogP) is 0.926. The van der Waals surface area contributed by atoms with Crippen molar-refractivity contribution in [2.24, 2.45) is 5.73 Å². The molecule has 0 radical (unpaired) electrons. The summed E-state index contributed by atoms with van der Waals surface area (Å²) in [6.45, 7) is 1.53. The van der Waals surface area contributed by atoms with Crippen LogP contribution in [0.2, 0.25) is 0 Å². The Labute approximate surface area is 101 Å². The molecule has 5 nitrogen and oxygen atoms in total. The van der Waals surface area contributed by atoms with Crippen molar-refractivity contribution in [1.29, 1.82) is 0 Å². The molecule has 0 aliphatic rings. The first kappa shape index (κ1) is 15.0. The third-order valence-corrected chi connectivity index (χ3v) is 1.93. The lowest BCUT2D eigenvalue weighted by atomic mass is 10.3. The molecule has 0 unspecified atom stereocenters. The monoisotopic (exact) mass is 248 g/mol. The van der Waals surface area contributed by atoms with Gasteiger partial charge in [-0.2, -0.15) is 0 Å². The fourth-order valence-electron chi connectivity index (χ4n) is 1.13. The Morgan fingerprint density at radius 2 is 2.38 bits per heavy atom. The molecule has 92 valence electrons. The summed E-state index contributed by atoms with van der Waals surface area (Å²) in [7, 11) is 1.63. The third-order valence-electron chi connectivity index (χ3n) is 1.93. The van der Waals surface area contributed by atoms with Crippen LogP contribution in [0.25, 0.3) is 0 Å². The molecule has 1 amide bonds. The summed E-state index contributed by atoms with van der Waals surface area (Å²) in [6.07, 6.45) is 2.21. The molecule has 1 aromatic heterocycles. The first-order chi connectivity index (χ1) is 7.27. The van der Waals surface area contributed by atoms with Gasteiger partial charge in [-0.05, 0) is 12.5 Å². The van der Waals surface area contributed by atoms with Crippen LogP contribution in [0.3, 0.4) is 0 Å². The number of furan rings is 1. The highest BCUT2D eigenvalue weighted by molar-refractivity contribution is 5.93. The van der Waals surface area contributed by atoms with Gasteiger partial charge in [0.2, 0.25) is 0 Å². The van der Waals surface area contributed by atoms with Crippen LogP contribution in [0.5, 0.6) is 0 Å². The van der Waals surface area contributed by atoms with E-state index < -0.39 is 0 Å². The Kier molecular flexibility index (Phi) is 7.62. The van der Waals surface area contributed by atoms with Gasteiger partial charge in [0.05, 0.1) is 12.1 Å². The minimum absolute atomic E-state index is 0. The first-order valence-electron chi connectivity index (χ1n) is 4.82. The van der Waals surface area contributed by atoms with Crippen molar-refractivity contribution in [1.82, 2.24) is 5.32 Å². The van der Waals surface area contributed by atoms with Gasteiger partial charge in [0, 0.05) is 20.3 Å². The van der Waals surface area contributed by atoms with Crippen LogP contribution >= 0.6 is 12.4 Å². The Morgan fingerprint density at radius 1 is 1.62 bits per heavy atom. The number of hydrogen-bond acceptors (Lipinski definition) is 4. The van der Waals surface area contributed by atoms with E-state index in [0.29, 0.717) is 31.0 Å². The number of methoxy groups -OCH3 is 1. The number of rotatable bonds is 6. The Hall–Kier alpha value is -1.04. The minimum Gasteiger partial charge on any atom is -0.467 e. The first-order valence-corrected chi connectivity index (χ1v) is 4.82. The standard InChI is InChI=1S/C10H16N2O3.ClH/c1-14-4-2-3-12-10(13)8-5-9(6-11)15-7-8;/h5,7H,2-4,6,11H2,1H3,(H,12,13);1H. The molecule has 0 bridgehead atoms. The largest absolute Gasteiger partial charge is 0.467 e. The molecule has 3 N–H and O–H groups in total. The maximum Gasteiger partial charge on any atom is 0.254 e. The molecule has 0 fully saturated rings. The van der Waals surface area contributed by atoms with Gasteiger partial charge in [-0.1, -0.05) is 0 Å². The molecule has 0 aliphatic heterocycles. The molecule has 1 aromatic rings. The van der Waals surface area contributed by atoms with Crippen molar-refractivity contribution in [3.05, 3.63) is 23.7 Å². The van der Waals surface area contributed by atoms with Gasteiger partial charge in [0.15, 0.2) is 0 Å². The molecule has 1 rings (SSSR count). The van der Waals surface area contributed by atoms with E-state index in [1.165, 1.54) is 6.26 Å². The summed E-state index contributed by atoms with van der Waals surface area (Å²) in [5, 5.41) is 2.75. The molecule has 6 heteroatoms. The molecular formula is C10H17ClN2O3. The van der Waals surface area contributed by atoms with E-state index in [9.17, 15) is 4.79 Å². The molecule has 0 aromatic carbocycles. The van der Waals surface area contributed by atoms with Crippen molar-refractivity contribution in [3.8, 4) is 0 Å². The van der Waals surface area contributed by atoms with Crippen molar-refractivity contribution >= 4 is 18.3 Å². The van der Waals surface area contributed by atoms with E-state index in [1.54, 1.807) is 13.2 Å². The fraction of sp³-hybridized carbons (Fsp3) is 0.500.